The van der Waals surface area contributed by atoms with Gasteiger partial charge >= 0.3 is 0 Å². The molecule has 130 valence electrons. The minimum Gasteiger partial charge on any atom is -0.497 e. The van der Waals surface area contributed by atoms with Crippen molar-refractivity contribution in [2.45, 2.75) is 63.9 Å². The normalized spacial score (nSPS) is 45.0. The second-order valence-corrected chi connectivity index (χ2v) is 8.90. The van der Waals surface area contributed by atoms with Crippen molar-refractivity contribution in [1.82, 2.24) is 0 Å². The fourth-order valence-corrected chi connectivity index (χ4v) is 7.15. The van der Waals surface area contributed by atoms with Crippen LogP contribution in [0.5, 0.6) is 5.75 Å². The smallest absolute Gasteiger partial charge is 0.119 e. The maximum Gasteiger partial charge on any atom is 0.119 e. The summed E-state index contributed by atoms with van der Waals surface area (Å²) >= 11 is 0. The Hall–Kier alpha value is -1.02. The van der Waals surface area contributed by atoms with E-state index in [2.05, 4.69) is 32.0 Å². The molecule has 1 aromatic rings. The first-order valence-electron chi connectivity index (χ1n) is 9.93. The van der Waals surface area contributed by atoms with E-state index in [4.69, 9.17) is 9.47 Å². The van der Waals surface area contributed by atoms with Crippen LogP contribution in [0.3, 0.4) is 0 Å². The Labute approximate surface area is 145 Å². The highest BCUT2D eigenvalue weighted by Crippen LogP contribution is 2.76. The van der Waals surface area contributed by atoms with Gasteiger partial charge in [0.15, 0.2) is 0 Å². The molecule has 0 radical (unpaired) electrons. The molecule has 4 aliphatic carbocycles. The van der Waals surface area contributed by atoms with Gasteiger partial charge in [0.25, 0.3) is 0 Å². The second kappa shape index (κ2) is 5.00. The van der Waals surface area contributed by atoms with Crippen molar-refractivity contribution in [2.75, 3.05) is 13.7 Å². The van der Waals surface area contributed by atoms with Gasteiger partial charge in [0, 0.05) is 6.61 Å². The van der Waals surface area contributed by atoms with E-state index in [-0.39, 0.29) is 5.60 Å². The number of ether oxygens (including phenoxy) is 2. The summed E-state index contributed by atoms with van der Waals surface area (Å²) in [5, 5.41) is 0. The van der Waals surface area contributed by atoms with Crippen LogP contribution in [0.25, 0.3) is 0 Å². The topological polar surface area (TPSA) is 18.5 Å². The van der Waals surface area contributed by atoms with Crippen molar-refractivity contribution in [3.8, 4) is 5.75 Å². The van der Waals surface area contributed by atoms with E-state index in [0.29, 0.717) is 5.41 Å². The Bertz CT molecular complexity index is 668. The van der Waals surface area contributed by atoms with Crippen LogP contribution in [-0.4, -0.2) is 19.3 Å². The lowest BCUT2D eigenvalue weighted by Crippen LogP contribution is -2.47. The molecule has 2 heteroatoms. The lowest BCUT2D eigenvalue weighted by Gasteiger charge is -2.52. The zero-order valence-electron chi connectivity index (χ0n) is 15.3. The first-order chi connectivity index (χ1) is 11.6. The highest BCUT2D eigenvalue weighted by molar-refractivity contribution is 5.41. The molecule has 0 aromatic heterocycles. The molecule has 0 unspecified atom stereocenters. The molecule has 0 heterocycles. The second-order valence-electron chi connectivity index (χ2n) is 8.90. The number of hydrogen-bond donors (Lipinski definition) is 0. The fourth-order valence-electron chi connectivity index (χ4n) is 7.15. The van der Waals surface area contributed by atoms with E-state index < -0.39 is 0 Å². The third-order valence-electron chi connectivity index (χ3n) is 8.28. The van der Waals surface area contributed by atoms with Crippen LogP contribution in [-0.2, 0) is 11.2 Å². The van der Waals surface area contributed by atoms with Gasteiger partial charge < -0.3 is 9.47 Å². The van der Waals surface area contributed by atoms with Gasteiger partial charge in [-0.15, -0.1) is 0 Å². The first kappa shape index (κ1) is 15.3. The van der Waals surface area contributed by atoms with E-state index in [1.54, 1.807) is 18.2 Å². The minimum absolute atomic E-state index is 0.248. The SMILES string of the molecule is CCO[C@@]12C[C@@H]1C[C@H]1[C@@H]3CCc4cc(OC)ccc4[C@H]3CC[C@@]12C. The molecule has 0 bridgehead atoms. The summed E-state index contributed by atoms with van der Waals surface area (Å²) < 4.78 is 11.8. The predicted octanol–water partition coefficient (Wildman–Crippen LogP) is 4.96. The largest absolute Gasteiger partial charge is 0.497 e. The molecule has 0 N–H and O–H groups in total. The Morgan fingerprint density at radius 1 is 1.25 bits per heavy atom. The van der Waals surface area contributed by atoms with Crippen LogP contribution in [0.2, 0.25) is 0 Å². The standard InChI is InChI=1S/C22H30O2/c1-4-24-22-13-15(22)12-20-19-7-5-14-11-16(23-3)6-8-17(14)18(19)9-10-21(20,22)2/h6,8,11,15,18-20H,4-5,7,9-10,12-13H2,1-3H3/t15-,18+,19+,20-,21-,22-/m0/s1. The molecular weight excluding hydrogens is 296 g/mol. The van der Waals surface area contributed by atoms with E-state index in [1.165, 1.54) is 38.5 Å². The maximum absolute atomic E-state index is 6.40. The van der Waals surface area contributed by atoms with Gasteiger partial charge in [-0.25, -0.2) is 0 Å². The summed E-state index contributed by atoms with van der Waals surface area (Å²) in [6.07, 6.45) is 8.04. The average molecular weight is 326 g/mol. The first-order valence-corrected chi connectivity index (χ1v) is 9.93. The monoisotopic (exact) mass is 326 g/mol. The number of rotatable bonds is 3. The molecule has 3 fully saturated rings. The summed E-state index contributed by atoms with van der Waals surface area (Å²) in [5.74, 6) is 4.38. The number of fused-ring (bicyclic) bond motifs is 7. The highest BCUT2D eigenvalue weighted by atomic mass is 16.5. The number of hydrogen-bond acceptors (Lipinski definition) is 2. The fraction of sp³-hybridized carbons (Fsp3) is 0.727. The molecule has 3 saturated carbocycles. The van der Waals surface area contributed by atoms with Gasteiger partial charge in [-0.3, -0.25) is 0 Å². The number of aryl methyl sites for hydroxylation is 1. The van der Waals surface area contributed by atoms with Crippen molar-refractivity contribution in [3.63, 3.8) is 0 Å². The number of methoxy groups -OCH3 is 1. The van der Waals surface area contributed by atoms with Crippen LogP contribution in [0.1, 0.15) is 63.0 Å². The summed E-state index contributed by atoms with van der Waals surface area (Å²) in [4.78, 5) is 0. The molecule has 0 amide bonds. The van der Waals surface area contributed by atoms with Gasteiger partial charge in [0.2, 0.25) is 0 Å². The van der Waals surface area contributed by atoms with Gasteiger partial charge in [0.1, 0.15) is 5.75 Å². The zero-order chi connectivity index (χ0) is 16.5. The Balaban J connectivity index is 1.48. The molecule has 0 spiro atoms. The van der Waals surface area contributed by atoms with Gasteiger partial charge in [-0.2, -0.15) is 0 Å². The summed E-state index contributed by atoms with van der Waals surface area (Å²) in [6.45, 7) is 5.63. The van der Waals surface area contributed by atoms with E-state index in [9.17, 15) is 0 Å². The number of benzene rings is 1. The van der Waals surface area contributed by atoms with Crippen molar-refractivity contribution in [3.05, 3.63) is 29.3 Å². The van der Waals surface area contributed by atoms with E-state index in [0.717, 1.165) is 36.0 Å². The summed E-state index contributed by atoms with van der Waals surface area (Å²) in [5.41, 5.74) is 3.85. The van der Waals surface area contributed by atoms with E-state index >= 15 is 0 Å². The third-order valence-corrected chi connectivity index (χ3v) is 8.28. The van der Waals surface area contributed by atoms with Gasteiger partial charge in [-0.1, -0.05) is 13.0 Å². The van der Waals surface area contributed by atoms with Crippen LogP contribution in [0.15, 0.2) is 18.2 Å². The van der Waals surface area contributed by atoms with Gasteiger partial charge in [-0.05, 0) is 97.8 Å². The third kappa shape index (κ3) is 1.76. The quantitative estimate of drug-likeness (QED) is 0.782. The molecule has 0 saturated heterocycles. The molecular formula is C22H30O2. The predicted molar refractivity (Wildman–Crippen MR) is 95.5 cm³/mol. The molecule has 0 aliphatic heterocycles. The molecule has 1 aromatic carbocycles. The summed E-state index contributed by atoms with van der Waals surface area (Å²) in [6, 6.07) is 6.82. The Kier molecular flexibility index (Phi) is 3.18. The van der Waals surface area contributed by atoms with Crippen LogP contribution >= 0.6 is 0 Å². The van der Waals surface area contributed by atoms with Crippen LogP contribution in [0, 0.1) is 23.2 Å². The minimum atomic E-state index is 0.248. The Morgan fingerprint density at radius 3 is 2.92 bits per heavy atom. The molecule has 24 heavy (non-hydrogen) atoms. The Morgan fingerprint density at radius 2 is 2.12 bits per heavy atom. The molecule has 4 aliphatic rings. The molecule has 5 rings (SSSR count). The van der Waals surface area contributed by atoms with Crippen LogP contribution in [0.4, 0.5) is 0 Å². The van der Waals surface area contributed by atoms with Crippen molar-refractivity contribution in [2.24, 2.45) is 23.2 Å². The highest BCUT2D eigenvalue weighted by Gasteiger charge is 2.75. The zero-order valence-corrected chi connectivity index (χ0v) is 15.3. The lowest BCUT2D eigenvalue weighted by atomic mass is 9.54. The van der Waals surface area contributed by atoms with Crippen molar-refractivity contribution in [1.29, 1.82) is 0 Å². The molecule has 6 atom stereocenters. The lowest BCUT2D eigenvalue weighted by molar-refractivity contribution is -0.0952. The average Bonchev–Trinajstić information content (AvgIpc) is 3.25. The maximum atomic E-state index is 6.40. The van der Waals surface area contributed by atoms with Crippen molar-refractivity contribution >= 4 is 0 Å². The molecule has 2 nitrogen and oxygen atoms in total. The van der Waals surface area contributed by atoms with E-state index in [1.807, 2.05) is 0 Å². The van der Waals surface area contributed by atoms with Crippen molar-refractivity contribution < 1.29 is 9.47 Å². The summed E-state index contributed by atoms with van der Waals surface area (Å²) in [7, 11) is 1.78. The van der Waals surface area contributed by atoms with Crippen LogP contribution < -0.4 is 4.74 Å². The van der Waals surface area contributed by atoms with Gasteiger partial charge in [0.05, 0.1) is 12.7 Å².